The van der Waals surface area contributed by atoms with E-state index in [1.54, 1.807) is 6.08 Å². The summed E-state index contributed by atoms with van der Waals surface area (Å²) in [5, 5.41) is 9.00. The third kappa shape index (κ3) is 2.92. The molecule has 0 saturated heterocycles. The van der Waals surface area contributed by atoms with Gasteiger partial charge in [-0.2, -0.15) is 5.26 Å². The van der Waals surface area contributed by atoms with Gasteiger partial charge in [0.1, 0.15) is 0 Å². The zero-order valence-electron chi connectivity index (χ0n) is 11.4. The van der Waals surface area contributed by atoms with Crippen LogP contribution in [0.1, 0.15) is 29.2 Å². The van der Waals surface area contributed by atoms with E-state index in [-0.39, 0.29) is 0 Å². The van der Waals surface area contributed by atoms with E-state index in [1.807, 2.05) is 30.3 Å². The predicted molar refractivity (Wildman–Crippen MR) is 79.7 cm³/mol. The van der Waals surface area contributed by atoms with E-state index in [9.17, 15) is 0 Å². The molecule has 0 N–H and O–H groups in total. The van der Waals surface area contributed by atoms with Crippen LogP contribution in [0.25, 0.3) is 5.57 Å². The molecule has 0 bridgehead atoms. The van der Waals surface area contributed by atoms with Crippen molar-refractivity contribution in [1.29, 1.82) is 5.26 Å². The van der Waals surface area contributed by atoms with Gasteiger partial charge in [0.25, 0.3) is 0 Å². The van der Waals surface area contributed by atoms with Crippen LogP contribution in [0.5, 0.6) is 0 Å². The largest absolute Gasteiger partial charge is 0.193 e. The minimum absolute atomic E-state index is 0.980. The highest BCUT2D eigenvalue weighted by atomic mass is 14.2. The Hall–Kier alpha value is -2.33. The fourth-order valence-corrected chi connectivity index (χ4v) is 2.28. The molecule has 0 saturated carbocycles. The first-order valence-electron chi connectivity index (χ1n) is 6.51. The van der Waals surface area contributed by atoms with Gasteiger partial charge in [-0.1, -0.05) is 55.5 Å². The second kappa shape index (κ2) is 6.02. The normalized spacial score (nSPS) is 11.1. The maximum Gasteiger partial charge on any atom is 0.0918 e. The van der Waals surface area contributed by atoms with Crippen molar-refractivity contribution in [3.63, 3.8) is 0 Å². The molecule has 1 heteroatoms. The molecule has 0 radical (unpaired) electrons. The van der Waals surface area contributed by atoms with Gasteiger partial charge in [-0.3, -0.25) is 0 Å². The smallest absolute Gasteiger partial charge is 0.0918 e. The fourth-order valence-electron chi connectivity index (χ4n) is 2.28. The summed E-state index contributed by atoms with van der Waals surface area (Å²) in [5.74, 6) is 0. The highest BCUT2D eigenvalue weighted by molar-refractivity contribution is 5.81. The lowest BCUT2D eigenvalue weighted by atomic mass is 9.94. The van der Waals surface area contributed by atoms with Gasteiger partial charge in [0.05, 0.1) is 6.07 Å². The topological polar surface area (TPSA) is 23.8 Å². The van der Waals surface area contributed by atoms with Gasteiger partial charge in [-0.05, 0) is 41.2 Å². The summed E-state index contributed by atoms with van der Waals surface area (Å²) in [6, 6.07) is 18.6. The maximum absolute atomic E-state index is 9.00. The summed E-state index contributed by atoms with van der Waals surface area (Å²) < 4.78 is 0. The molecule has 2 aromatic carbocycles. The molecule has 0 heterocycles. The molecule has 0 aliphatic heterocycles. The third-order valence-electron chi connectivity index (χ3n) is 3.33. The Bertz CT molecular complexity index is 630. The molecule has 0 amide bonds. The van der Waals surface area contributed by atoms with E-state index in [0.29, 0.717) is 0 Å². The Morgan fingerprint density at radius 1 is 1.11 bits per heavy atom. The second-order valence-corrected chi connectivity index (χ2v) is 4.55. The quantitative estimate of drug-likeness (QED) is 0.732. The molecule has 2 aromatic rings. The summed E-state index contributed by atoms with van der Waals surface area (Å²) in [7, 11) is 0. The molecule has 0 aliphatic carbocycles. The first-order valence-corrected chi connectivity index (χ1v) is 6.51. The van der Waals surface area contributed by atoms with Gasteiger partial charge in [0.2, 0.25) is 0 Å². The highest BCUT2D eigenvalue weighted by Gasteiger charge is 2.06. The van der Waals surface area contributed by atoms with Crippen LogP contribution in [0, 0.1) is 18.3 Å². The highest BCUT2D eigenvalue weighted by Crippen LogP contribution is 2.25. The number of hydrogen-bond acceptors (Lipinski definition) is 1. The minimum Gasteiger partial charge on any atom is -0.193 e. The van der Waals surface area contributed by atoms with Crippen molar-refractivity contribution in [3.8, 4) is 6.07 Å². The van der Waals surface area contributed by atoms with Gasteiger partial charge in [-0.25, -0.2) is 0 Å². The average molecular weight is 247 g/mol. The van der Waals surface area contributed by atoms with E-state index < -0.39 is 0 Å². The van der Waals surface area contributed by atoms with Crippen LogP contribution >= 0.6 is 0 Å². The van der Waals surface area contributed by atoms with E-state index in [2.05, 4.69) is 38.1 Å². The van der Waals surface area contributed by atoms with Crippen LogP contribution < -0.4 is 0 Å². The van der Waals surface area contributed by atoms with Crippen molar-refractivity contribution in [2.24, 2.45) is 0 Å². The number of nitriles is 1. The summed E-state index contributed by atoms with van der Waals surface area (Å²) >= 11 is 0. The first kappa shape index (κ1) is 13.1. The van der Waals surface area contributed by atoms with Crippen LogP contribution in [-0.2, 0) is 6.42 Å². The summed E-state index contributed by atoms with van der Waals surface area (Å²) in [6.07, 6.45) is 2.66. The van der Waals surface area contributed by atoms with E-state index >= 15 is 0 Å². The summed E-state index contributed by atoms with van der Waals surface area (Å²) in [6.45, 7) is 4.28. The molecule has 1 nitrogen and oxygen atoms in total. The van der Waals surface area contributed by atoms with Gasteiger partial charge >= 0.3 is 0 Å². The molecule has 0 aliphatic rings. The Labute approximate surface area is 114 Å². The van der Waals surface area contributed by atoms with E-state index in [4.69, 9.17) is 5.26 Å². The molecule has 0 aromatic heterocycles. The number of aryl methyl sites for hydroxylation is 2. The molecule has 0 atom stereocenters. The lowest BCUT2D eigenvalue weighted by Gasteiger charge is -2.10. The Morgan fingerprint density at radius 3 is 2.42 bits per heavy atom. The van der Waals surface area contributed by atoms with Gasteiger partial charge in [0, 0.05) is 6.08 Å². The van der Waals surface area contributed by atoms with Crippen molar-refractivity contribution in [2.45, 2.75) is 20.3 Å². The molecule has 0 spiro atoms. The lowest BCUT2D eigenvalue weighted by molar-refractivity contribution is 1.11. The van der Waals surface area contributed by atoms with Crippen LogP contribution in [0.15, 0.2) is 54.6 Å². The molecule has 2 rings (SSSR count). The molecular weight excluding hydrogens is 230 g/mol. The van der Waals surface area contributed by atoms with Crippen LogP contribution in [-0.4, -0.2) is 0 Å². The van der Waals surface area contributed by atoms with Crippen molar-refractivity contribution in [1.82, 2.24) is 0 Å². The van der Waals surface area contributed by atoms with Gasteiger partial charge < -0.3 is 0 Å². The minimum atomic E-state index is 0.980. The lowest BCUT2D eigenvalue weighted by Crippen LogP contribution is -1.92. The van der Waals surface area contributed by atoms with Crippen LogP contribution in [0.3, 0.4) is 0 Å². The number of rotatable bonds is 3. The maximum atomic E-state index is 9.00. The summed E-state index contributed by atoms with van der Waals surface area (Å²) in [5.41, 5.74) is 5.79. The zero-order chi connectivity index (χ0) is 13.7. The number of hydrogen-bond donors (Lipinski definition) is 0. The molecule has 0 fully saturated rings. The molecular formula is C18H17N. The average Bonchev–Trinajstić information content (AvgIpc) is 2.45. The van der Waals surface area contributed by atoms with Crippen LogP contribution in [0.4, 0.5) is 0 Å². The zero-order valence-corrected chi connectivity index (χ0v) is 11.4. The number of nitrogens with zero attached hydrogens (tertiary/aromatic N) is 1. The molecule has 0 unspecified atom stereocenters. The van der Waals surface area contributed by atoms with Crippen molar-refractivity contribution >= 4 is 5.57 Å². The van der Waals surface area contributed by atoms with Crippen molar-refractivity contribution < 1.29 is 0 Å². The third-order valence-corrected chi connectivity index (χ3v) is 3.33. The Balaban J connectivity index is 2.50. The van der Waals surface area contributed by atoms with E-state index in [0.717, 1.165) is 23.1 Å². The van der Waals surface area contributed by atoms with Crippen molar-refractivity contribution in [3.05, 3.63) is 76.9 Å². The number of benzene rings is 2. The predicted octanol–water partition coefficient (Wildman–Crippen LogP) is 4.51. The summed E-state index contributed by atoms with van der Waals surface area (Å²) in [4.78, 5) is 0. The standard InChI is InChI=1S/C18H17N/c1-3-15-9-10-17(13-14(15)2)18(11-12-19)16-7-5-4-6-8-16/h4-11,13H,3H2,1-2H3/b18-11+. The second-order valence-electron chi connectivity index (χ2n) is 4.55. The van der Waals surface area contributed by atoms with Gasteiger partial charge in [0.15, 0.2) is 0 Å². The van der Waals surface area contributed by atoms with E-state index in [1.165, 1.54) is 11.1 Å². The fraction of sp³-hybridized carbons (Fsp3) is 0.167. The molecule has 19 heavy (non-hydrogen) atoms. The molecule has 94 valence electrons. The Morgan fingerprint density at radius 2 is 1.84 bits per heavy atom. The first-order chi connectivity index (χ1) is 9.26. The SMILES string of the molecule is CCc1ccc(/C(=C/C#N)c2ccccc2)cc1C. The van der Waals surface area contributed by atoms with Crippen molar-refractivity contribution in [2.75, 3.05) is 0 Å². The Kier molecular flexibility index (Phi) is 4.15. The van der Waals surface area contributed by atoms with Crippen LogP contribution in [0.2, 0.25) is 0 Å². The monoisotopic (exact) mass is 247 g/mol. The number of allylic oxidation sites excluding steroid dienone is 1. The van der Waals surface area contributed by atoms with Gasteiger partial charge in [-0.15, -0.1) is 0 Å².